The molecule has 3 amide bonds. The summed E-state index contributed by atoms with van der Waals surface area (Å²) in [6.07, 6.45) is 2.48. The molecule has 2 aliphatic heterocycles. The Balaban J connectivity index is 1.57. The van der Waals surface area contributed by atoms with E-state index in [1.807, 2.05) is 50.2 Å². The number of carbonyl (C=O) groups excluding carboxylic acids is 2. The van der Waals surface area contributed by atoms with Crippen LogP contribution in [0.4, 0.5) is 10.5 Å². The van der Waals surface area contributed by atoms with Gasteiger partial charge in [0.15, 0.2) is 6.17 Å². The maximum absolute atomic E-state index is 13.0. The second-order valence-electron chi connectivity index (χ2n) is 6.67. The van der Waals surface area contributed by atoms with Crippen molar-refractivity contribution in [2.24, 2.45) is 0 Å². The SMILES string of the molecule is Cc1ccc(N2C=CN3C(=O)N(Cc4ccccc4Cl)NC3C2=O)cc1C. The number of amides is 3. The number of nitrogens with one attached hydrogen (secondary N) is 1. The van der Waals surface area contributed by atoms with Gasteiger partial charge in [0.1, 0.15) is 0 Å². The van der Waals surface area contributed by atoms with Crippen molar-refractivity contribution in [3.63, 3.8) is 0 Å². The first-order valence-corrected chi connectivity index (χ1v) is 9.01. The molecule has 1 saturated heterocycles. The normalized spacial score (nSPS) is 19.1. The summed E-state index contributed by atoms with van der Waals surface area (Å²) in [5.74, 6) is -0.212. The second kappa shape index (κ2) is 6.72. The van der Waals surface area contributed by atoms with Crippen LogP contribution >= 0.6 is 11.6 Å². The van der Waals surface area contributed by atoms with Crippen LogP contribution in [0, 0.1) is 13.8 Å². The largest absolute Gasteiger partial charge is 0.340 e. The third kappa shape index (κ3) is 3.07. The molecule has 1 fully saturated rings. The van der Waals surface area contributed by atoms with E-state index in [2.05, 4.69) is 5.43 Å². The van der Waals surface area contributed by atoms with E-state index in [9.17, 15) is 9.59 Å². The lowest BCUT2D eigenvalue weighted by atomic mass is 10.1. The van der Waals surface area contributed by atoms with Crippen LogP contribution in [0.5, 0.6) is 0 Å². The molecule has 0 bridgehead atoms. The number of hydrogen-bond acceptors (Lipinski definition) is 3. The molecule has 138 valence electrons. The number of fused-ring (bicyclic) bond motifs is 1. The summed E-state index contributed by atoms with van der Waals surface area (Å²) < 4.78 is 0. The van der Waals surface area contributed by atoms with E-state index in [0.717, 1.165) is 22.4 Å². The molecule has 6 nitrogen and oxygen atoms in total. The van der Waals surface area contributed by atoms with Gasteiger partial charge in [-0.2, -0.15) is 5.43 Å². The van der Waals surface area contributed by atoms with E-state index >= 15 is 0 Å². The molecule has 2 heterocycles. The van der Waals surface area contributed by atoms with Crippen molar-refractivity contribution in [3.05, 3.63) is 76.6 Å². The van der Waals surface area contributed by atoms with Gasteiger partial charge in [0.25, 0.3) is 5.91 Å². The highest BCUT2D eigenvalue weighted by Crippen LogP contribution is 2.27. The average molecular weight is 383 g/mol. The third-order valence-corrected chi connectivity index (χ3v) is 5.28. The summed E-state index contributed by atoms with van der Waals surface area (Å²) in [6, 6.07) is 12.9. The van der Waals surface area contributed by atoms with E-state index < -0.39 is 6.17 Å². The molecule has 1 unspecified atom stereocenters. The predicted molar refractivity (Wildman–Crippen MR) is 104 cm³/mol. The van der Waals surface area contributed by atoms with Crippen molar-refractivity contribution < 1.29 is 9.59 Å². The number of halogens is 1. The van der Waals surface area contributed by atoms with Crippen LogP contribution in [-0.4, -0.2) is 28.0 Å². The molecular formula is C20H19ClN4O2. The van der Waals surface area contributed by atoms with Gasteiger partial charge < -0.3 is 0 Å². The van der Waals surface area contributed by atoms with Gasteiger partial charge >= 0.3 is 6.03 Å². The van der Waals surface area contributed by atoms with E-state index in [4.69, 9.17) is 11.6 Å². The van der Waals surface area contributed by atoms with Crippen LogP contribution in [0.1, 0.15) is 16.7 Å². The molecule has 0 spiro atoms. The van der Waals surface area contributed by atoms with Crippen molar-refractivity contribution in [2.75, 3.05) is 4.90 Å². The summed E-state index contributed by atoms with van der Waals surface area (Å²) >= 11 is 6.19. The molecule has 2 aromatic carbocycles. The minimum absolute atomic E-state index is 0.212. The van der Waals surface area contributed by atoms with Gasteiger partial charge in [-0.25, -0.2) is 4.79 Å². The smallest absolute Gasteiger partial charge is 0.283 e. The molecule has 1 N–H and O–H groups in total. The Morgan fingerprint density at radius 2 is 1.81 bits per heavy atom. The maximum atomic E-state index is 13.0. The Kier molecular flexibility index (Phi) is 4.37. The minimum Gasteiger partial charge on any atom is -0.283 e. The Morgan fingerprint density at radius 3 is 2.56 bits per heavy atom. The number of benzene rings is 2. The van der Waals surface area contributed by atoms with E-state index in [0.29, 0.717) is 5.02 Å². The quantitative estimate of drug-likeness (QED) is 0.883. The number of rotatable bonds is 3. The van der Waals surface area contributed by atoms with Crippen LogP contribution in [0.2, 0.25) is 5.02 Å². The first-order chi connectivity index (χ1) is 13.0. The molecule has 0 aliphatic carbocycles. The lowest BCUT2D eigenvalue weighted by Crippen LogP contribution is -2.51. The number of anilines is 1. The van der Waals surface area contributed by atoms with Crippen LogP contribution in [0.25, 0.3) is 0 Å². The number of urea groups is 1. The first kappa shape index (κ1) is 17.6. The highest BCUT2D eigenvalue weighted by molar-refractivity contribution is 6.31. The molecule has 2 aromatic rings. The van der Waals surface area contributed by atoms with Crippen molar-refractivity contribution in [3.8, 4) is 0 Å². The summed E-state index contributed by atoms with van der Waals surface area (Å²) in [6.45, 7) is 4.31. The first-order valence-electron chi connectivity index (χ1n) is 8.64. The number of aryl methyl sites for hydroxylation is 2. The monoisotopic (exact) mass is 382 g/mol. The highest BCUT2D eigenvalue weighted by Gasteiger charge is 2.44. The molecule has 27 heavy (non-hydrogen) atoms. The van der Waals surface area contributed by atoms with Crippen molar-refractivity contribution in [1.29, 1.82) is 0 Å². The molecule has 0 radical (unpaired) electrons. The molecule has 4 rings (SSSR count). The molecule has 2 aliphatic rings. The Hall–Kier alpha value is -2.83. The van der Waals surface area contributed by atoms with Crippen LogP contribution in [0.3, 0.4) is 0 Å². The number of nitrogens with zero attached hydrogens (tertiary/aromatic N) is 3. The lowest BCUT2D eigenvalue weighted by Gasteiger charge is -2.29. The Morgan fingerprint density at radius 1 is 1.04 bits per heavy atom. The number of hydrazine groups is 1. The Labute approximate surface area is 162 Å². The maximum Gasteiger partial charge on any atom is 0.340 e. The summed E-state index contributed by atoms with van der Waals surface area (Å²) in [4.78, 5) is 28.6. The minimum atomic E-state index is -0.772. The fourth-order valence-electron chi connectivity index (χ4n) is 3.18. The summed E-state index contributed by atoms with van der Waals surface area (Å²) in [7, 11) is 0. The highest BCUT2D eigenvalue weighted by atomic mass is 35.5. The van der Waals surface area contributed by atoms with Gasteiger partial charge in [0.2, 0.25) is 0 Å². The summed E-state index contributed by atoms with van der Waals surface area (Å²) in [5.41, 5.74) is 6.85. The van der Waals surface area contributed by atoms with Gasteiger partial charge in [-0.3, -0.25) is 19.6 Å². The van der Waals surface area contributed by atoms with E-state index in [-0.39, 0.29) is 18.5 Å². The van der Waals surface area contributed by atoms with Crippen LogP contribution in [0.15, 0.2) is 54.9 Å². The lowest BCUT2D eigenvalue weighted by molar-refractivity contribution is -0.122. The standard InChI is InChI=1S/C20H19ClN4O2/c1-13-7-8-16(11-14(13)2)23-9-10-24-18(19(23)26)22-25(20(24)27)12-15-5-3-4-6-17(15)21/h3-11,18,22H,12H2,1-2H3. The molecule has 7 heteroatoms. The fraction of sp³-hybridized carbons (Fsp3) is 0.200. The fourth-order valence-corrected chi connectivity index (χ4v) is 3.38. The van der Waals surface area contributed by atoms with Gasteiger partial charge in [-0.1, -0.05) is 35.9 Å². The van der Waals surface area contributed by atoms with Crippen molar-refractivity contribution >= 4 is 29.2 Å². The second-order valence-corrected chi connectivity index (χ2v) is 7.08. The van der Waals surface area contributed by atoms with Gasteiger partial charge in [-0.15, -0.1) is 0 Å². The molecule has 0 aromatic heterocycles. The van der Waals surface area contributed by atoms with Gasteiger partial charge in [-0.05, 0) is 48.7 Å². The zero-order valence-electron chi connectivity index (χ0n) is 15.0. The van der Waals surface area contributed by atoms with Crippen molar-refractivity contribution in [1.82, 2.24) is 15.3 Å². The van der Waals surface area contributed by atoms with E-state index in [1.165, 1.54) is 9.91 Å². The topological polar surface area (TPSA) is 55.9 Å². The van der Waals surface area contributed by atoms with Crippen LogP contribution < -0.4 is 10.3 Å². The Bertz CT molecular complexity index is 959. The number of carbonyl (C=O) groups is 2. The van der Waals surface area contributed by atoms with Gasteiger partial charge in [0, 0.05) is 23.1 Å². The van der Waals surface area contributed by atoms with E-state index in [1.54, 1.807) is 23.4 Å². The molecular weight excluding hydrogens is 364 g/mol. The summed E-state index contributed by atoms with van der Waals surface area (Å²) in [5, 5.41) is 1.99. The zero-order chi connectivity index (χ0) is 19.1. The third-order valence-electron chi connectivity index (χ3n) is 4.91. The molecule has 0 saturated carbocycles. The zero-order valence-corrected chi connectivity index (χ0v) is 15.8. The predicted octanol–water partition coefficient (Wildman–Crippen LogP) is 3.54. The molecule has 1 atom stereocenters. The van der Waals surface area contributed by atoms with Gasteiger partial charge in [0.05, 0.1) is 6.54 Å². The average Bonchev–Trinajstić information content (AvgIpc) is 2.97. The van der Waals surface area contributed by atoms with Crippen molar-refractivity contribution in [2.45, 2.75) is 26.6 Å². The number of hydrogen-bond donors (Lipinski definition) is 1. The van der Waals surface area contributed by atoms with Crippen LogP contribution in [-0.2, 0) is 11.3 Å².